The van der Waals surface area contributed by atoms with Crippen molar-refractivity contribution in [3.8, 4) is 33.5 Å². The van der Waals surface area contributed by atoms with Gasteiger partial charge < -0.3 is 10.4 Å². The summed E-state index contributed by atoms with van der Waals surface area (Å²) in [6.45, 7) is 1.77. The van der Waals surface area contributed by atoms with Crippen LogP contribution in [0.2, 0.25) is 0 Å². The SMILES string of the molecule is OCCNCCn1cc2c(-c3ccc(F)cc3)c(-c3ccncc3)c(-c3ccc(F)cc3)nc2n1. The number of hydrogen-bond donors (Lipinski definition) is 2. The molecule has 5 aromatic rings. The second-order valence-corrected chi connectivity index (χ2v) is 8.06. The number of pyridine rings is 2. The highest BCUT2D eigenvalue weighted by Crippen LogP contribution is 2.42. The van der Waals surface area contributed by atoms with E-state index in [0.29, 0.717) is 31.0 Å². The van der Waals surface area contributed by atoms with Crippen molar-refractivity contribution in [1.82, 2.24) is 25.1 Å². The first-order chi connectivity index (χ1) is 17.1. The quantitative estimate of drug-likeness (QED) is 0.321. The summed E-state index contributed by atoms with van der Waals surface area (Å²) in [4.78, 5) is 9.06. The minimum absolute atomic E-state index is 0.0632. The van der Waals surface area contributed by atoms with Crippen molar-refractivity contribution in [2.24, 2.45) is 0 Å². The Labute approximate surface area is 200 Å². The van der Waals surface area contributed by atoms with Gasteiger partial charge in [0.05, 0.1) is 18.8 Å². The van der Waals surface area contributed by atoms with E-state index >= 15 is 0 Å². The molecule has 0 bridgehead atoms. The average Bonchev–Trinajstić information content (AvgIpc) is 3.30. The van der Waals surface area contributed by atoms with E-state index in [-0.39, 0.29) is 18.2 Å². The summed E-state index contributed by atoms with van der Waals surface area (Å²) in [5.74, 6) is -0.660. The molecule has 0 saturated heterocycles. The summed E-state index contributed by atoms with van der Waals surface area (Å²) in [7, 11) is 0. The van der Waals surface area contributed by atoms with Crippen molar-refractivity contribution in [3.05, 3.63) is 90.9 Å². The van der Waals surface area contributed by atoms with E-state index in [1.807, 2.05) is 18.3 Å². The molecule has 2 N–H and O–H groups in total. The molecule has 3 aromatic heterocycles. The number of benzene rings is 2. The summed E-state index contributed by atoms with van der Waals surface area (Å²) >= 11 is 0. The van der Waals surface area contributed by atoms with Crippen molar-refractivity contribution >= 4 is 11.0 Å². The van der Waals surface area contributed by atoms with Crippen LogP contribution in [0.4, 0.5) is 8.78 Å². The van der Waals surface area contributed by atoms with Crippen LogP contribution in [0.3, 0.4) is 0 Å². The van der Waals surface area contributed by atoms with Crippen molar-refractivity contribution < 1.29 is 13.9 Å². The minimum Gasteiger partial charge on any atom is -0.395 e. The Hall–Kier alpha value is -4.01. The molecule has 35 heavy (non-hydrogen) atoms. The first-order valence-corrected chi connectivity index (χ1v) is 11.3. The molecule has 0 aliphatic carbocycles. The lowest BCUT2D eigenvalue weighted by Gasteiger charge is -2.16. The van der Waals surface area contributed by atoms with Crippen LogP contribution in [0.1, 0.15) is 0 Å². The highest BCUT2D eigenvalue weighted by molar-refractivity contribution is 6.05. The lowest BCUT2D eigenvalue weighted by atomic mass is 9.90. The van der Waals surface area contributed by atoms with Gasteiger partial charge in [-0.1, -0.05) is 12.1 Å². The van der Waals surface area contributed by atoms with E-state index in [1.54, 1.807) is 41.3 Å². The maximum Gasteiger partial charge on any atom is 0.182 e. The molecule has 0 aliphatic heterocycles. The Bertz CT molecular complexity index is 1440. The second kappa shape index (κ2) is 10.1. The van der Waals surface area contributed by atoms with Crippen molar-refractivity contribution in [2.45, 2.75) is 6.54 Å². The van der Waals surface area contributed by atoms with Crippen LogP contribution in [-0.4, -0.2) is 44.6 Å². The number of nitrogens with zero attached hydrogens (tertiary/aromatic N) is 4. The molecule has 6 nitrogen and oxygen atoms in total. The van der Waals surface area contributed by atoms with E-state index in [4.69, 9.17) is 15.2 Å². The van der Waals surface area contributed by atoms with Gasteiger partial charge in [-0.25, -0.2) is 13.8 Å². The molecule has 0 atom stereocenters. The molecule has 3 heterocycles. The predicted molar refractivity (Wildman–Crippen MR) is 132 cm³/mol. The van der Waals surface area contributed by atoms with Crippen molar-refractivity contribution in [1.29, 1.82) is 0 Å². The zero-order valence-corrected chi connectivity index (χ0v) is 18.8. The number of rotatable bonds is 8. The number of aliphatic hydroxyl groups is 1. The number of fused-ring (bicyclic) bond motifs is 1. The average molecular weight is 472 g/mol. The second-order valence-electron chi connectivity index (χ2n) is 8.06. The fraction of sp³-hybridized carbons (Fsp3) is 0.148. The maximum absolute atomic E-state index is 13.8. The molecule has 8 heteroatoms. The van der Waals surface area contributed by atoms with E-state index < -0.39 is 0 Å². The number of aromatic nitrogens is 4. The lowest BCUT2D eigenvalue weighted by Crippen LogP contribution is -2.23. The molecule has 0 radical (unpaired) electrons. The molecule has 0 saturated carbocycles. The zero-order chi connectivity index (χ0) is 24.2. The Morgan fingerprint density at radius 3 is 2.06 bits per heavy atom. The Balaban J connectivity index is 1.78. The number of nitrogens with one attached hydrogen (secondary N) is 1. The van der Waals surface area contributed by atoms with Gasteiger partial charge in [0, 0.05) is 53.8 Å². The van der Waals surface area contributed by atoms with Gasteiger partial charge >= 0.3 is 0 Å². The third kappa shape index (κ3) is 4.80. The van der Waals surface area contributed by atoms with E-state index in [9.17, 15) is 8.78 Å². The third-order valence-corrected chi connectivity index (χ3v) is 5.74. The van der Waals surface area contributed by atoms with Crippen LogP contribution in [0.15, 0.2) is 79.3 Å². The molecule has 0 aliphatic rings. The van der Waals surface area contributed by atoms with Crippen LogP contribution < -0.4 is 5.32 Å². The summed E-state index contributed by atoms with van der Waals surface area (Å²) in [6.07, 6.45) is 5.35. The van der Waals surface area contributed by atoms with E-state index in [2.05, 4.69) is 10.3 Å². The van der Waals surface area contributed by atoms with Crippen LogP contribution in [0.5, 0.6) is 0 Å². The van der Waals surface area contributed by atoms with Gasteiger partial charge in [-0.2, -0.15) is 5.10 Å². The predicted octanol–water partition coefficient (Wildman–Crippen LogP) is 4.69. The Morgan fingerprint density at radius 2 is 1.40 bits per heavy atom. The zero-order valence-electron chi connectivity index (χ0n) is 18.8. The molecular formula is C27H23F2N5O. The monoisotopic (exact) mass is 471 g/mol. The fourth-order valence-corrected chi connectivity index (χ4v) is 4.13. The van der Waals surface area contributed by atoms with Gasteiger partial charge in [-0.05, 0) is 59.7 Å². The Morgan fingerprint density at radius 1 is 0.771 bits per heavy atom. The molecule has 5 rings (SSSR count). The van der Waals surface area contributed by atoms with E-state index in [0.717, 1.165) is 33.2 Å². The molecule has 0 spiro atoms. The highest BCUT2D eigenvalue weighted by Gasteiger charge is 2.21. The van der Waals surface area contributed by atoms with Gasteiger partial charge in [0.2, 0.25) is 0 Å². The molecule has 2 aromatic carbocycles. The fourth-order valence-electron chi connectivity index (χ4n) is 4.13. The lowest BCUT2D eigenvalue weighted by molar-refractivity contribution is 0.291. The summed E-state index contributed by atoms with van der Waals surface area (Å²) in [5, 5.41) is 17.7. The normalized spacial score (nSPS) is 11.3. The van der Waals surface area contributed by atoms with Gasteiger partial charge in [-0.3, -0.25) is 9.67 Å². The third-order valence-electron chi connectivity index (χ3n) is 5.74. The van der Waals surface area contributed by atoms with Crippen LogP contribution in [0, 0.1) is 11.6 Å². The molecule has 0 unspecified atom stereocenters. The molecule has 0 amide bonds. The van der Waals surface area contributed by atoms with Gasteiger partial charge in [0.1, 0.15) is 11.6 Å². The molecule has 0 fully saturated rings. The van der Waals surface area contributed by atoms with Gasteiger partial charge in [0.15, 0.2) is 5.65 Å². The minimum atomic E-state index is -0.335. The first kappa shape index (κ1) is 22.8. The number of aliphatic hydroxyl groups excluding tert-OH is 1. The maximum atomic E-state index is 13.8. The van der Waals surface area contributed by atoms with Crippen LogP contribution in [-0.2, 0) is 6.54 Å². The van der Waals surface area contributed by atoms with Gasteiger partial charge in [0.25, 0.3) is 0 Å². The summed E-state index contributed by atoms with van der Waals surface area (Å²) < 4.78 is 29.4. The Kier molecular flexibility index (Phi) is 6.56. The first-order valence-electron chi connectivity index (χ1n) is 11.3. The number of halogens is 2. The molecule has 176 valence electrons. The standard InChI is InChI=1S/C27H23F2N5O/c28-21-5-1-18(2-6-21)24-23-17-34(15-13-31-14-16-35)33-27(23)32-26(20-3-7-22(29)8-4-20)25(24)19-9-11-30-12-10-19/h1-12,17,31,35H,13-16H2. The van der Waals surface area contributed by atoms with Crippen LogP contribution in [0.25, 0.3) is 44.5 Å². The highest BCUT2D eigenvalue weighted by atomic mass is 19.1. The smallest absolute Gasteiger partial charge is 0.182 e. The van der Waals surface area contributed by atoms with Gasteiger partial charge in [-0.15, -0.1) is 0 Å². The largest absolute Gasteiger partial charge is 0.395 e. The summed E-state index contributed by atoms with van der Waals surface area (Å²) in [6, 6.07) is 16.3. The van der Waals surface area contributed by atoms with Crippen molar-refractivity contribution in [3.63, 3.8) is 0 Å². The topological polar surface area (TPSA) is 75.9 Å². The van der Waals surface area contributed by atoms with E-state index in [1.165, 1.54) is 24.3 Å². The summed E-state index contributed by atoms with van der Waals surface area (Å²) in [5.41, 5.74) is 5.29. The van der Waals surface area contributed by atoms with Crippen LogP contribution >= 0.6 is 0 Å². The van der Waals surface area contributed by atoms with Crippen molar-refractivity contribution in [2.75, 3.05) is 19.7 Å². The molecular weight excluding hydrogens is 448 g/mol. The number of hydrogen-bond acceptors (Lipinski definition) is 5.